The van der Waals surface area contributed by atoms with E-state index in [-0.39, 0.29) is 12.5 Å². The Morgan fingerprint density at radius 3 is 2.68 bits per heavy atom. The number of carbonyl (C=O) groups is 1. The lowest BCUT2D eigenvalue weighted by molar-refractivity contribution is -0.118. The SMILES string of the molecule is Cc1cccc(-c2c(NC(=O)COc3ccccc3C)n[nH]c2C)c1. The lowest BCUT2D eigenvalue weighted by Gasteiger charge is -2.10. The number of rotatable bonds is 5. The average Bonchev–Trinajstić information content (AvgIpc) is 2.94. The van der Waals surface area contributed by atoms with Crippen LogP contribution < -0.4 is 10.1 Å². The first-order chi connectivity index (χ1) is 12.0. The standard InChI is InChI=1S/C20H21N3O2/c1-13-7-6-9-16(11-13)19-15(3)22-23-20(19)21-18(24)12-25-17-10-5-4-8-14(17)2/h4-11H,12H2,1-3H3,(H2,21,22,23,24). The summed E-state index contributed by atoms with van der Waals surface area (Å²) >= 11 is 0. The van der Waals surface area contributed by atoms with E-state index in [4.69, 9.17) is 4.74 Å². The number of aromatic nitrogens is 2. The Labute approximate surface area is 147 Å². The Bertz CT molecular complexity index is 899. The van der Waals surface area contributed by atoms with E-state index in [1.807, 2.05) is 63.2 Å². The van der Waals surface area contributed by atoms with Gasteiger partial charge in [-0.3, -0.25) is 9.89 Å². The highest BCUT2D eigenvalue weighted by Gasteiger charge is 2.15. The predicted molar refractivity (Wildman–Crippen MR) is 98.8 cm³/mol. The van der Waals surface area contributed by atoms with Crippen molar-refractivity contribution >= 4 is 11.7 Å². The number of hydrogen-bond acceptors (Lipinski definition) is 3. The number of nitrogens with zero attached hydrogens (tertiary/aromatic N) is 1. The minimum Gasteiger partial charge on any atom is -0.483 e. The molecule has 5 heteroatoms. The van der Waals surface area contributed by atoms with Crippen molar-refractivity contribution in [2.75, 3.05) is 11.9 Å². The van der Waals surface area contributed by atoms with Gasteiger partial charge in [0.15, 0.2) is 12.4 Å². The fourth-order valence-electron chi connectivity index (χ4n) is 2.70. The maximum atomic E-state index is 12.3. The lowest BCUT2D eigenvalue weighted by atomic mass is 10.0. The molecular formula is C20H21N3O2. The predicted octanol–water partition coefficient (Wildman–Crippen LogP) is 4.02. The summed E-state index contributed by atoms with van der Waals surface area (Å²) in [6.45, 7) is 5.85. The number of nitrogens with one attached hydrogen (secondary N) is 2. The molecule has 0 aliphatic rings. The number of benzene rings is 2. The highest BCUT2D eigenvalue weighted by molar-refractivity contribution is 5.95. The van der Waals surface area contributed by atoms with Crippen LogP contribution in [-0.4, -0.2) is 22.7 Å². The fourth-order valence-corrected chi connectivity index (χ4v) is 2.70. The van der Waals surface area contributed by atoms with E-state index < -0.39 is 0 Å². The summed E-state index contributed by atoms with van der Waals surface area (Å²) in [7, 11) is 0. The van der Waals surface area contributed by atoms with Gasteiger partial charge >= 0.3 is 0 Å². The number of aryl methyl sites for hydroxylation is 3. The van der Waals surface area contributed by atoms with Crippen molar-refractivity contribution < 1.29 is 9.53 Å². The second kappa shape index (κ2) is 7.21. The van der Waals surface area contributed by atoms with Gasteiger partial charge in [-0.2, -0.15) is 5.10 Å². The van der Waals surface area contributed by atoms with E-state index in [1.165, 1.54) is 0 Å². The summed E-state index contributed by atoms with van der Waals surface area (Å²) in [5.41, 5.74) is 4.96. The van der Waals surface area contributed by atoms with Crippen molar-refractivity contribution in [1.82, 2.24) is 10.2 Å². The van der Waals surface area contributed by atoms with Crippen LogP contribution in [0.25, 0.3) is 11.1 Å². The maximum Gasteiger partial charge on any atom is 0.263 e. The molecule has 2 aromatic carbocycles. The smallest absolute Gasteiger partial charge is 0.263 e. The molecule has 128 valence electrons. The van der Waals surface area contributed by atoms with Gasteiger partial charge in [0.05, 0.1) is 0 Å². The Kier molecular flexibility index (Phi) is 4.84. The number of hydrogen-bond donors (Lipinski definition) is 2. The molecule has 2 N–H and O–H groups in total. The lowest BCUT2D eigenvalue weighted by Crippen LogP contribution is -2.21. The zero-order valence-electron chi connectivity index (χ0n) is 14.6. The molecule has 25 heavy (non-hydrogen) atoms. The van der Waals surface area contributed by atoms with Crippen LogP contribution in [0.5, 0.6) is 5.75 Å². The zero-order valence-corrected chi connectivity index (χ0v) is 14.6. The normalized spacial score (nSPS) is 10.5. The van der Waals surface area contributed by atoms with E-state index in [2.05, 4.69) is 21.6 Å². The third-order valence-electron chi connectivity index (χ3n) is 3.96. The first-order valence-corrected chi connectivity index (χ1v) is 8.15. The van der Waals surface area contributed by atoms with Crippen molar-refractivity contribution in [3.8, 4) is 16.9 Å². The van der Waals surface area contributed by atoms with Crippen molar-refractivity contribution in [1.29, 1.82) is 0 Å². The maximum absolute atomic E-state index is 12.3. The molecule has 0 spiro atoms. The molecule has 0 saturated heterocycles. The van der Waals surface area contributed by atoms with Gasteiger partial charge in [0, 0.05) is 11.3 Å². The molecule has 3 rings (SSSR count). The molecule has 1 heterocycles. The first-order valence-electron chi connectivity index (χ1n) is 8.15. The summed E-state index contributed by atoms with van der Waals surface area (Å²) in [5.74, 6) is 0.972. The number of para-hydroxylation sites is 1. The number of aromatic amines is 1. The van der Waals surface area contributed by atoms with Crippen LogP contribution in [-0.2, 0) is 4.79 Å². The second-order valence-electron chi connectivity index (χ2n) is 6.04. The van der Waals surface area contributed by atoms with Crippen LogP contribution in [0.2, 0.25) is 0 Å². The van der Waals surface area contributed by atoms with E-state index in [0.29, 0.717) is 11.6 Å². The molecule has 5 nitrogen and oxygen atoms in total. The summed E-state index contributed by atoms with van der Waals surface area (Å²) < 4.78 is 5.59. The van der Waals surface area contributed by atoms with Gasteiger partial charge in [-0.1, -0.05) is 48.0 Å². The van der Waals surface area contributed by atoms with E-state index >= 15 is 0 Å². The summed E-state index contributed by atoms with van der Waals surface area (Å²) in [6.07, 6.45) is 0. The molecule has 0 fully saturated rings. The number of amides is 1. The second-order valence-corrected chi connectivity index (χ2v) is 6.04. The molecule has 0 saturated carbocycles. The third-order valence-corrected chi connectivity index (χ3v) is 3.96. The molecule has 1 aromatic heterocycles. The number of ether oxygens (including phenoxy) is 1. The van der Waals surface area contributed by atoms with Crippen LogP contribution in [0.15, 0.2) is 48.5 Å². The number of anilines is 1. The Morgan fingerprint density at radius 1 is 1.12 bits per heavy atom. The summed E-state index contributed by atoms with van der Waals surface area (Å²) in [4.78, 5) is 12.3. The topological polar surface area (TPSA) is 67.0 Å². The molecule has 0 unspecified atom stereocenters. The quantitative estimate of drug-likeness (QED) is 0.740. The average molecular weight is 335 g/mol. The van der Waals surface area contributed by atoms with Crippen molar-refractivity contribution in [2.45, 2.75) is 20.8 Å². The van der Waals surface area contributed by atoms with Crippen LogP contribution in [0, 0.1) is 20.8 Å². The van der Waals surface area contributed by atoms with Crippen LogP contribution in [0.4, 0.5) is 5.82 Å². The van der Waals surface area contributed by atoms with Gasteiger partial charge in [-0.25, -0.2) is 0 Å². The van der Waals surface area contributed by atoms with E-state index in [0.717, 1.165) is 27.9 Å². The van der Waals surface area contributed by atoms with Gasteiger partial charge in [-0.15, -0.1) is 0 Å². The van der Waals surface area contributed by atoms with Gasteiger partial charge in [0.25, 0.3) is 5.91 Å². The molecule has 0 atom stereocenters. The Balaban J connectivity index is 1.73. The molecule has 0 bridgehead atoms. The molecule has 0 aliphatic carbocycles. The molecule has 1 amide bonds. The van der Waals surface area contributed by atoms with Gasteiger partial charge < -0.3 is 10.1 Å². The Morgan fingerprint density at radius 2 is 1.92 bits per heavy atom. The fraction of sp³-hybridized carbons (Fsp3) is 0.200. The summed E-state index contributed by atoms with van der Waals surface area (Å²) in [6, 6.07) is 15.7. The van der Waals surface area contributed by atoms with Crippen molar-refractivity contribution in [2.24, 2.45) is 0 Å². The third kappa shape index (κ3) is 3.88. The van der Waals surface area contributed by atoms with Crippen molar-refractivity contribution in [3.63, 3.8) is 0 Å². The number of H-pyrrole nitrogens is 1. The zero-order chi connectivity index (χ0) is 17.8. The number of carbonyl (C=O) groups excluding carboxylic acids is 1. The van der Waals surface area contributed by atoms with E-state index in [9.17, 15) is 4.79 Å². The van der Waals surface area contributed by atoms with E-state index in [1.54, 1.807) is 0 Å². The van der Waals surface area contributed by atoms with Gasteiger partial charge in [0.1, 0.15) is 5.75 Å². The molecular weight excluding hydrogens is 314 g/mol. The Hall–Kier alpha value is -3.08. The van der Waals surface area contributed by atoms with Gasteiger partial charge in [0.2, 0.25) is 0 Å². The molecule has 0 aliphatic heterocycles. The van der Waals surface area contributed by atoms with Crippen LogP contribution >= 0.6 is 0 Å². The largest absolute Gasteiger partial charge is 0.483 e. The van der Waals surface area contributed by atoms with Crippen LogP contribution in [0.3, 0.4) is 0 Å². The highest BCUT2D eigenvalue weighted by atomic mass is 16.5. The molecule has 3 aromatic rings. The minimum absolute atomic E-state index is 0.0655. The highest BCUT2D eigenvalue weighted by Crippen LogP contribution is 2.29. The van der Waals surface area contributed by atoms with Gasteiger partial charge in [-0.05, 0) is 38.0 Å². The summed E-state index contributed by atoms with van der Waals surface area (Å²) in [5, 5.41) is 9.99. The minimum atomic E-state index is -0.247. The van der Waals surface area contributed by atoms with Crippen molar-refractivity contribution in [3.05, 3.63) is 65.4 Å². The monoisotopic (exact) mass is 335 g/mol. The van der Waals surface area contributed by atoms with Crippen LogP contribution in [0.1, 0.15) is 16.8 Å². The molecule has 0 radical (unpaired) electrons. The first kappa shape index (κ1) is 16.8.